The molecule has 0 saturated carbocycles. The van der Waals surface area contributed by atoms with E-state index in [1.807, 2.05) is 53.3 Å². The summed E-state index contributed by atoms with van der Waals surface area (Å²) < 4.78 is 7.87. The van der Waals surface area contributed by atoms with Gasteiger partial charge < -0.3 is 4.74 Å². The van der Waals surface area contributed by atoms with Crippen molar-refractivity contribution in [2.24, 2.45) is 0 Å². The van der Waals surface area contributed by atoms with Crippen LogP contribution in [-0.2, 0) is 5.41 Å². The lowest BCUT2D eigenvalue weighted by atomic mass is 9.70. The van der Waals surface area contributed by atoms with Crippen molar-refractivity contribution in [3.05, 3.63) is 115 Å². The monoisotopic (exact) mass is 513 g/mol. The second kappa shape index (κ2) is 10.9. The lowest BCUT2D eigenvalue weighted by molar-refractivity contribution is 0.414. The highest BCUT2D eigenvalue weighted by atomic mass is 16.5. The molecular weight excluding hydrogens is 478 g/mol. The predicted molar refractivity (Wildman–Crippen MR) is 159 cm³/mol. The van der Waals surface area contributed by atoms with E-state index in [0.29, 0.717) is 5.88 Å². The van der Waals surface area contributed by atoms with Crippen molar-refractivity contribution < 1.29 is 4.74 Å². The van der Waals surface area contributed by atoms with Crippen LogP contribution in [0.5, 0.6) is 11.6 Å². The first-order valence-electron chi connectivity index (χ1n) is 14.2. The molecule has 1 aliphatic carbocycles. The van der Waals surface area contributed by atoms with Gasteiger partial charge in [0.05, 0.1) is 11.9 Å². The topological polar surface area (TPSA) is 39.9 Å². The molecule has 0 N–H and O–H groups in total. The Bertz CT molecular complexity index is 1560. The van der Waals surface area contributed by atoms with Crippen LogP contribution < -0.4 is 4.74 Å². The minimum absolute atomic E-state index is 0.0844. The zero-order valence-electron chi connectivity index (χ0n) is 22.8. The number of pyridine rings is 1. The zero-order valence-corrected chi connectivity index (χ0v) is 22.8. The van der Waals surface area contributed by atoms with E-state index < -0.39 is 0 Å². The SMILES string of the molecule is CCCCC1(CCCC)c2ccccc2-c2ccc(-c3cnn(-c4cccc(Oc5ccccn5)c4)c3)cc21. The van der Waals surface area contributed by atoms with Crippen LogP contribution in [0, 0.1) is 0 Å². The van der Waals surface area contributed by atoms with Crippen molar-refractivity contribution in [2.45, 2.75) is 57.8 Å². The Balaban J connectivity index is 1.35. The molecular formula is C35H35N3O. The predicted octanol–water partition coefficient (Wildman–Crippen LogP) is 9.37. The molecule has 0 unspecified atom stereocenters. The molecule has 0 radical (unpaired) electrons. The number of hydrogen-bond acceptors (Lipinski definition) is 3. The lowest BCUT2D eigenvalue weighted by Gasteiger charge is -2.33. The summed E-state index contributed by atoms with van der Waals surface area (Å²) in [6.45, 7) is 4.60. The molecule has 6 rings (SSSR count). The Kier molecular flexibility index (Phi) is 7.02. The van der Waals surface area contributed by atoms with Gasteiger partial charge in [-0.3, -0.25) is 0 Å². The zero-order chi connectivity index (χ0) is 26.7. The van der Waals surface area contributed by atoms with E-state index in [-0.39, 0.29) is 5.41 Å². The molecule has 0 amide bonds. The van der Waals surface area contributed by atoms with E-state index >= 15 is 0 Å². The van der Waals surface area contributed by atoms with Gasteiger partial charge >= 0.3 is 0 Å². The van der Waals surface area contributed by atoms with Crippen LogP contribution in [0.3, 0.4) is 0 Å². The highest BCUT2D eigenvalue weighted by molar-refractivity contribution is 5.83. The highest BCUT2D eigenvalue weighted by Crippen LogP contribution is 2.54. The molecule has 5 aromatic rings. The standard InChI is InChI=1S/C35H35N3O/c1-3-5-19-35(20-6-4-2)32-15-8-7-14-30(32)31-18-17-26(22-33(31)35)27-24-37-38(25-27)28-12-11-13-29(23-28)39-34-16-9-10-21-36-34/h7-18,21-25H,3-6,19-20H2,1-2H3. The van der Waals surface area contributed by atoms with Crippen molar-refractivity contribution in [1.82, 2.24) is 14.8 Å². The van der Waals surface area contributed by atoms with Crippen LogP contribution in [0.2, 0.25) is 0 Å². The number of aromatic nitrogens is 3. The third kappa shape index (κ3) is 4.76. The van der Waals surface area contributed by atoms with Gasteiger partial charge in [0, 0.05) is 35.5 Å². The largest absolute Gasteiger partial charge is 0.439 e. The van der Waals surface area contributed by atoms with Crippen LogP contribution in [-0.4, -0.2) is 14.8 Å². The maximum absolute atomic E-state index is 5.95. The second-order valence-electron chi connectivity index (χ2n) is 10.5. The Morgan fingerprint density at radius 2 is 1.54 bits per heavy atom. The van der Waals surface area contributed by atoms with Crippen molar-refractivity contribution in [3.8, 4) is 39.6 Å². The molecule has 4 heteroatoms. The fourth-order valence-corrected chi connectivity index (χ4v) is 6.09. The van der Waals surface area contributed by atoms with Crippen molar-refractivity contribution in [1.29, 1.82) is 0 Å². The normalized spacial score (nSPS) is 13.2. The fourth-order valence-electron chi connectivity index (χ4n) is 6.09. The van der Waals surface area contributed by atoms with E-state index in [0.717, 1.165) is 17.0 Å². The van der Waals surface area contributed by atoms with Gasteiger partial charge in [-0.2, -0.15) is 5.10 Å². The number of unbranched alkanes of at least 4 members (excludes halogenated alkanes) is 2. The third-order valence-corrected chi connectivity index (χ3v) is 8.04. The highest BCUT2D eigenvalue weighted by Gasteiger charge is 2.42. The minimum Gasteiger partial charge on any atom is -0.439 e. The molecule has 1 aliphatic rings. The Morgan fingerprint density at radius 1 is 0.744 bits per heavy atom. The average molecular weight is 514 g/mol. The molecule has 0 saturated heterocycles. The molecule has 0 aliphatic heterocycles. The van der Waals surface area contributed by atoms with E-state index in [1.54, 1.807) is 6.20 Å². The number of hydrogen-bond donors (Lipinski definition) is 0. The van der Waals surface area contributed by atoms with Gasteiger partial charge in [0.25, 0.3) is 0 Å². The Hall–Kier alpha value is -4.18. The average Bonchev–Trinajstić information content (AvgIpc) is 3.58. The van der Waals surface area contributed by atoms with Crippen molar-refractivity contribution in [3.63, 3.8) is 0 Å². The molecule has 2 heterocycles. The summed E-state index contributed by atoms with van der Waals surface area (Å²) in [5.41, 5.74) is 9.17. The van der Waals surface area contributed by atoms with Gasteiger partial charge in [-0.1, -0.05) is 88.1 Å². The maximum Gasteiger partial charge on any atom is 0.219 e. The van der Waals surface area contributed by atoms with Crippen LogP contribution >= 0.6 is 0 Å². The van der Waals surface area contributed by atoms with Gasteiger partial charge in [-0.15, -0.1) is 0 Å². The van der Waals surface area contributed by atoms with Crippen molar-refractivity contribution >= 4 is 0 Å². The number of rotatable bonds is 10. The van der Waals surface area contributed by atoms with E-state index in [9.17, 15) is 0 Å². The molecule has 0 fully saturated rings. The number of fused-ring (bicyclic) bond motifs is 3. The molecule has 0 bridgehead atoms. The first kappa shape index (κ1) is 25.1. The van der Waals surface area contributed by atoms with Crippen LogP contribution in [0.15, 0.2) is 104 Å². The lowest BCUT2D eigenvalue weighted by Crippen LogP contribution is -2.25. The van der Waals surface area contributed by atoms with E-state index in [2.05, 4.69) is 67.5 Å². The first-order chi connectivity index (χ1) is 19.2. The number of ether oxygens (including phenoxy) is 1. The van der Waals surface area contributed by atoms with Crippen LogP contribution in [0.1, 0.15) is 63.5 Å². The summed E-state index contributed by atoms with van der Waals surface area (Å²) >= 11 is 0. The fraction of sp³-hybridized carbons (Fsp3) is 0.257. The van der Waals surface area contributed by atoms with Gasteiger partial charge in [0.1, 0.15) is 5.75 Å². The molecule has 3 aromatic carbocycles. The Labute approximate surface area is 231 Å². The molecule has 4 nitrogen and oxygen atoms in total. The number of benzene rings is 3. The second-order valence-corrected chi connectivity index (χ2v) is 10.5. The number of nitrogens with zero attached hydrogens (tertiary/aromatic N) is 3. The minimum atomic E-state index is 0.0844. The Morgan fingerprint density at radius 3 is 2.33 bits per heavy atom. The molecule has 196 valence electrons. The van der Waals surface area contributed by atoms with Crippen LogP contribution in [0.4, 0.5) is 0 Å². The van der Waals surface area contributed by atoms with Gasteiger partial charge in [-0.25, -0.2) is 9.67 Å². The van der Waals surface area contributed by atoms with Crippen LogP contribution in [0.25, 0.3) is 27.9 Å². The molecule has 0 spiro atoms. The maximum atomic E-state index is 5.95. The summed E-state index contributed by atoms with van der Waals surface area (Å²) in [6, 6.07) is 29.7. The third-order valence-electron chi connectivity index (χ3n) is 8.04. The van der Waals surface area contributed by atoms with Crippen molar-refractivity contribution in [2.75, 3.05) is 0 Å². The van der Waals surface area contributed by atoms with E-state index in [1.165, 1.54) is 66.3 Å². The molecule has 0 atom stereocenters. The van der Waals surface area contributed by atoms with E-state index in [4.69, 9.17) is 9.84 Å². The molecule has 2 aromatic heterocycles. The van der Waals surface area contributed by atoms with Gasteiger partial charge in [-0.05, 0) is 64.9 Å². The first-order valence-corrected chi connectivity index (χ1v) is 14.2. The molecule has 39 heavy (non-hydrogen) atoms. The summed E-state index contributed by atoms with van der Waals surface area (Å²) in [5.74, 6) is 1.31. The van der Waals surface area contributed by atoms with Gasteiger partial charge in [0.15, 0.2) is 0 Å². The summed E-state index contributed by atoms with van der Waals surface area (Å²) in [4.78, 5) is 4.27. The summed E-state index contributed by atoms with van der Waals surface area (Å²) in [5, 5.41) is 4.73. The van der Waals surface area contributed by atoms with Gasteiger partial charge in [0.2, 0.25) is 5.88 Å². The quantitative estimate of drug-likeness (QED) is 0.187. The smallest absolute Gasteiger partial charge is 0.219 e. The summed E-state index contributed by atoms with van der Waals surface area (Å²) in [7, 11) is 0. The summed E-state index contributed by atoms with van der Waals surface area (Å²) in [6.07, 6.45) is 13.1.